The van der Waals surface area contributed by atoms with Gasteiger partial charge in [0.2, 0.25) is 10.0 Å². The van der Waals surface area contributed by atoms with E-state index in [1.807, 2.05) is 4.90 Å². The van der Waals surface area contributed by atoms with E-state index in [0.717, 1.165) is 19.6 Å². The standard InChI is InChI=1S/C20H32N4O3S/c1-16(2)21-28(26,27)19-8-6-17(7-9-19)20(25)24-13-11-23(12-14-24)18-5-4-10-22(3)15-18/h6-9,16,18,21H,4-5,10-15H2,1-3H3. The Labute approximate surface area is 168 Å². The molecule has 8 heteroatoms. The van der Waals surface area contributed by atoms with Gasteiger partial charge in [-0.1, -0.05) is 0 Å². The number of amides is 1. The van der Waals surface area contributed by atoms with Gasteiger partial charge in [-0.2, -0.15) is 0 Å². The van der Waals surface area contributed by atoms with E-state index in [9.17, 15) is 13.2 Å². The highest BCUT2D eigenvalue weighted by atomic mass is 32.2. The van der Waals surface area contributed by atoms with Crippen molar-refractivity contribution < 1.29 is 13.2 Å². The summed E-state index contributed by atoms with van der Waals surface area (Å²) in [4.78, 5) is 19.8. The number of hydrogen-bond acceptors (Lipinski definition) is 5. The molecule has 2 aliphatic rings. The van der Waals surface area contributed by atoms with Crippen molar-refractivity contribution in [3.8, 4) is 0 Å². The van der Waals surface area contributed by atoms with Crippen LogP contribution < -0.4 is 4.72 Å². The molecule has 0 spiro atoms. The number of piperidine rings is 1. The summed E-state index contributed by atoms with van der Waals surface area (Å²) in [6, 6.07) is 6.65. The van der Waals surface area contributed by atoms with Crippen LogP contribution in [-0.2, 0) is 10.0 Å². The van der Waals surface area contributed by atoms with Gasteiger partial charge in [-0.05, 0) is 64.5 Å². The van der Waals surface area contributed by atoms with E-state index in [-0.39, 0.29) is 16.8 Å². The van der Waals surface area contributed by atoms with Crippen LogP contribution in [0.25, 0.3) is 0 Å². The molecule has 7 nitrogen and oxygen atoms in total. The topological polar surface area (TPSA) is 73.0 Å². The quantitative estimate of drug-likeness (QED) is 0.793. The van der Waals surface area contributed by atoms with E-state index in [0.29, 0.717) is 24.7 Å². The van der Waals surface area contributed by atoms with E-state index in [1.54, 1.807) is 26.0 Å². The molecule has 1 unspecified atom stereocenters. The molecule has 1 amide bonds. The monoisotopic (exact) mass is 408 g/mol. The van der Waals surface area contributed by atoms with Crippen LogP contribution in [0.4, 0.5) is 0 Å². The van der Waals surface area contributed by atoms with Gasteiger partial charge < -0.3 is 9.80 Å². The second-order valence-corrected chi connectivity index (χ2v) is 9.90. The van der Waals surface area contributed by atoms with Crippen LogP contribution in [0.3, 0.4) is 0 Å². The molecule has 1 aromatic rings. The van der Waals surface area contributed by atoms with Crippen LogP contribution in [-0.4, -0.2) is 87.4 Å². The first-order chi connectivity index (χ1) is 13.3. The third-order valence-electron chi connectivity index (χ3n) is 5.52. The lowest BCUT2D eigenvalue weighted by Crippen LogP contribution is -2.55. The zero-order valence-electron chi connectivity index (χ0n) is 17.1. The minimum absolute atomic E-state index is 0.0267. The summed E-state index contributed by atoms with van der Waals surface area (Å²) >= 11 is 0. The second kappa shape index (κ2) is 8.90. The maximum atomic E-state index is 12.8. The summed E-state index contributed by atoms with van der Waals surface area (Å²) in [5.41, 5.74) is 0.536. The van der Waals surface area contributed by atoms with Crippen LogP contribution in [0.2, 0.25) is 0 Å². The van der Waals surface area contributed by atoms with Crippen molar-refractivity contribution in [1.29, 1.82) is 0 Å². The maximum Gasteiger partial charge on any atom is 0.253 e. The van der Waals surface area contributed by atoms with E-state index >= 15 is 0 Å². The number of rotatable bonds is 5. The van der Waals surface area contributed by atoms with Crippen molar-refractivity contribution in [2.24, 2.45) is 0 Å². The molecule has 2 heterocycles. The highest BCUT2D eigenvalue weighted by Gasteiger charge is 2.29. The molecule has 0 bridgehead atoms. The van der Waals surface area contributed by atoms with Crippen LogP contribution in [0.15, 0.2) is 29.2 Å². The fourth-order valence-electron chi connectivity index (χ4n) is 4.06. The molecule has 0 saturated carbocycles. The van der Waals surface area contributed by atoms with Crippen molar-refractivity contribution in [2.75, 3.05) is 46.3 Å². The lowest BCUT2D eigenvalue weighted by Gasteiger charge is -2.42. The Balaban J connectivity index is 1.58. The zero-order valence-corrected chi connectivity index (χ0v) is 17.9. The molecule has 2 saturated heterocycles. The third-order valence-corrected chi connectivity index (χ3v) is 7.19. The van der Waals surface area contributed by atoms with Gasteiger partial charge in [0.05, 0.1) is 4.90 Å². The fourth-order valence-corrected chi connectivity index (χ4v) is 5.32. The Bertz CT molecular complexity index is 771. The van der Waals surface area contributed by atoms with Gasteiger partial charge in [0, 0.05) is 50.4 Å². The van der Waals surface area contributed by atoms with Gasteiger partial charge >= 0.3 is 0 Å². The first-order valence-corrected chi connectivity index (χ1v) is 11.6. The molecule has 0 aromatic heterocycles. The molecule has 1 N–H and O–H groups in total. The molecular formula is C20H32N4O3S. The lowest BCUT2D eigenvalue weighted by atomic mass is 10.0. The van der Waals surface area contributed by atoms with Crippen LogP contribution in [0.5, 0.6) is 0 Å². The summed E-state index contributed by atoms with van der Waals surface area (Å²) in [6.45, 7) is 9.06. The largest absolute Gasteiger partial charge is 0.336 e. The number of hydrogen-bond donors (Lipinski definition) is 1. The van der Waals surface area contributed by atoms with E-state index < -0.39 is 10.0 Å². The highest BCUT2D eigenvalue weighted by Crippen LogP contribution is 2.18. The molecular weight excluding hydrogens is 376 g/mol. The number of carbonyl (C=O) groups excluding carboxylic acids is 1. The number of benzene rings is 1. The number of sulfonamides is 1. The summed E-state index contributed by atoms with van der Waals surface area (Å²) in [5, 5.41) is 0. The SMILES string of the molecule is CC(C)NS(=O)(=O)c1ccc(C(=O)N2CCN(C3CCCN(C)C3)CC2)cc1. The number of carbonyl (C=O) groups is 1. The molecule has 1 aromatic carbocycles. The molecule has 2 aliphatic heterocycles. The third kappa shape index (κ3) is 5.11. The molecule has 1 atom stereocenters. The summed E-state index contributed by atoms with van der Waals surface area (Å²) in [7, 11) is -1.36. The molecule has 156 valence electrons. The number of likely N-dealkylation sites (N-methyl/N-ethyl adjacent to an activating group) is 1. The Kier molecular flexibility index (Phi) is 6.75. The Morgan fingerprint density at radius 3 is 2.29 bits per heavy atom. The molecule has 0 aliphatic carbocycles. The molecule has 28 heavy (non-hydrogen) atoms. The lowest BCUT2D eigenvalue weighted by molar-refractivity contribution is 0.0452. The Hall–Kier alpha value is -1.48. The minimum atomic E-state index is -3.54. The number of piperazine rings is 1. The number of likely N-dealkylation sites (tertiary alicyclic amines) is 1. The number of nitrogens with one attached hydrogen (secondary N) is 1. The summed E-state index contributed by atoms with van der Waals surface area (Å²) in [5.74, 6) is -0.0267. The van der Waals surface area contributed by atoms with E-state index in [1.165, 1.54) is 31.5 Å². The average molecular weight is 409 g/mol. The van der Waals surface area contributed by atoms with Gasteiger partial charge in [-0.25, -0.2) is 13.1 Å². The maximum absolute atomic E-state index is 12.8. The summed E-state index contributed by atoms with van der Waals surface area (Å²) in [6.07, 6.45) is 2.47. The smallest absolute Gasteiger partial charge is 0.253 e. The predicted octanol–water partition coefficient (Wildman–Crippen LogP) is 1.23. The number of nitrogens with zero attached hydrogens (tertiary/aromatic N) is 3. The van der Waals surface area contributed by atoms with Gasteiger partial charge in [0.25, 0.3) is 5.91 Å². The first-order valence-electron chi connectivity index (χ1n) is 10.1. The van der Waals surface area contributed by atoms with Gasteiger partial charge in [0.15, 0.2) is 0 Å². The van der Waals surface area contributed by atoms with Gasteiger partial charge in [0.1, 0.15) is 0 Å². The van der Waals surface area contributed by atoms with Crippen LogP contribution >= 0.6 is 0 Å². The van der Waals surface area contributed by atoms with E-state index in [4.69, 9.17) is 0 Å². The Morgan fingerprint density at radius 2 is 1.71 bits per heavy atom. The normalized spacial score (nSPS) is 22.6. The van der Waals surface area contributed by atoms with E-state index in [2.05, 4.69) is 21.6 Å². The zero-order chi connectivity index (χ0) is 20.3. The summed E-state index contributed by atoms with van der Waals surface area (Å²) < 4.78 is 27.0. The van der Waals surface area contributed by atoms with Gasteiger partial charge in [-0.15, -0.1) is 0 Å². The van der Waals surface area contributed by atoms with Crippen molar-refractivity contribution >= 4 is 15.9 Å². The van der Waals surface area contributed by atoms with Crippen molar-refractivity contribution in [1.82, 2.24) is 19.4 Å². The van der Waals surface area contributed by atoms with Crippen molar-refractivity contribution in [3.05, 3.63) is 29.8 Å². The fraction of sp³-hybridized carbons (Fsp3) is 0.650. The Morgan fingerprint density at radius 1 is 1.07 bits per heavy atom. The van der Waals surface area contributed by atoms with Crippen molar-refractivity contribution in [2.45, 2.75) is 43.7 Å². The van der Waals surface area contributed by atoms with Crippen molar-refractivity contribution in [3.63, 3.8) is 0 Å². The first kappa shape index (κ1) is 21.2. The highest BCUT2D eigenvalue weighted by molar-refractivity contribution is 7.89. The molecule has 2 fully saturated rings. The minimum Gasteiger partial charge on any atom is -0.336 e. The second-order valence-electron chi connectivity index (χ2n) is 8.19. The van der Waals surface area contributed by atoms with Crippen LogP contribution in [0.1, 0.15) is 37.0 Å². The predicted molar refractivity (Wildman–Crippen MR) is 110 cm³/mol. The molecule has 0 radical (unpaired) electrons. The van der Waals surface area contributed by atoms with Crippen LogP contribution in [0, 0.1) is 0 Å². The van der Waals surface area contributed by atoms with Gasteiger partial charge in [-0.3, -0.25) is 9.69 Å². The molecule has 3 rings (SSSR count). The average Bonchev–Trinajstić information content (AvgIpc) is 2.67.